The van der Waals surface area contributed by atoms with E-state index < -0.39 is 5.41 Å². The Labute approximate surface area is 259 Å². The molecule has 4 saturated heterocycles. The molecule has 2 aromatic heterocycles. The van der Waals surface area contributed by atoms with Gasteiger partial charge in [0.25, 0.3) is 0 Å². The average molecular weight is 603 g/mol. The van der Waals surface area contributed by atoms with Gasteiger partial charge in [0.1, 0.15) is 4.83 Å². The first-order valence-electron chi connectivity index (χ1n) is 16.3. The van der Waals surface area contributed by atoms with Crippen LogP contribution in [0.4, 0.5) is 0 Å². The Morgan fingerprint density at radius 1 is 0.953 bits per heavy atom. The molecule has 6 heterocycles. The molecule has 2 bridgehead atoms. The summed E-state index contributed by atoms with van der Waals surface area (Å²) in [7, 11) is 0. The van der Waals surface area contributed by atoms with E-state index >= 15 is 0 Å². The first-order valence-corrected chi connectivity index (χ1v) is 17.2. The Bertz CT molecular complexity index is 1490. The molecule has 0 saturated carbocycles. The van der Waals surface area contributed by atoms with Crippen LogP contribution in [0.3, 0.4) is 0 Å². The van der Waals surface area contributed by atoms with E-state index in [0.717, 1.165) is 67.9 Å². The van der Waals surface area contributed by atoms with Crippen LogP contribution in [0.25, 0.3) is 21.5 Å². The van der Waals surface area contributed by atoms with Gasteiger partial charge < -0.3 is 24.4 Å². The lowest BCUT2D eigenvalue weighted by Crippen LogP contribution is -2.45. The van der Waals surface area contributed by atoms with Crippen LogP contribution in [0.15, 0.2) is 24.3 Å². The molecule has 4 aliphatic heterocycles. The average Bonchev–Trinajstić information content (AvgIpc) is 3.82. The lowest BCUT2D eigenvalue weighted by atomic mass is 9.88. The molecule has 0 spiro atoms. The Hall–Kier alpha value is -2.68. The van der Waals surface area contributed by atoms with Gasteiger partial charge in [-0.1, -0.05) is 17.2 Å². The molecule has 8 heteroatoms. The van der Waals surface area contributed by atoms with E-state index in [-0.39, 0.29) is 5.92 Å². The number of ether oxygens (including phenoxy) is 1. The largest absolute Gasteiger partial charge is 0.378 e. The molecule has 3 aromatic rings. The van der Waals surface area contributed by atoms with Crippen molar-refractivity contribution in [2.24, 2.45) is 5.92 Å². The van der Waals surface area contributed by atoms with Crippen LogP contribution >= 0.6 is 11.3 Å². The van der Waals surface area contributed by atoms with Gasteiger partial charge in [0.05, 0.1) is 30.2 Å². The third-order valence-electron chi connectivity index (χ3n) is 10.6. The van der Waals surface area contributed by atoms with Crippen LogP contribution in [-0.2, 0) is 26.2 Å². The van der Waals surface area contributed by atoms with Crippen molar-refractivity contribution < 1.29 is 14.3 Å². The van der Waals surface area contributed by atoms with E-state index in [1.807, 2.05) is 4.90 Å². The fraction of sp³-hybridized carbons (Fsp3) is 0.600. The Kier molecular flexibility index (Phi) is 7.67. The minimum atomic E-state index is -0.547. The van der Waals surface area contributed by atoms with Crippen LogP contribution in [0.1, 0.15) is 67.5 Å². The minimum absolute atomic E-state index is 0.0867. The number of aromatic amines is 1. The van der Waals surface area contributed by atoms with Gasteiger partial charge in [0, 0.05) is 48.5 Å². The number of benzene rings is 1. The number of hydrogen-bond acceptors (Lipinski definition) is 5. The fourth-order valence-corrected chi connectivity index (χ4v) is 9.37. The van der Waals surface area contributed by atoms with Gasteiger partial charge in [-0.15, -0.1) is 11.3 Å². The maximum Gasteiger partial charge on any atom is 0.233 e. The molecule has 7 nitrogen and oxygen atoms in total. The maximum absolute atomic E-state index is 14.0. The van der Waals surface area contributed by atoms with Gasteiger partial charge in [-0.25, -0.2) is 0 Å². The maximum atomic E-state index is 14.0. The molecule has 0 aliphatic carbocycles. The van der Waals surface area contributed by atoms with Crippen LogP contribution in [0.2, 0.25) is 0 Å². The number of morpholine rings is 1. The van der Waals surface area contributed by atoms with Crippen molar-refractivity contribution in [1.29, 1.82) is 0 Å². The summed E-state index contributed by atoms with van der Waals surface area (Å²) >= 11 is 1.75. The van der Waals surface area contributed by atoms with Gasteiger partial charge in [-0.05, 0) is 102 Å². The van der Waals surface area contributed by atoms with Crippen LogP contribution < -0.4 is 0 Å². The van der Waals surface area contributed by atoms with E-state index in [2.05, 4.69) is 66.7 Å². The quantitative estimate of drug-likeness (QED) is 0.379. The smallest absolute Gasteiger partial charge is 0.233 e. The third kappa shape index (κ3) is 5.33. The summed E-state index contributed by atoms with van der Waals surface area (Å²) < 4.78 is 5.46. The molecule has 1 N–H and O–H groups in total. The highest BCUT2D eigenvalue weighted by molar-refractivity contribution is 7.19. The van der Waals surface area contributed by atoms with Crippen LogP contribution in [0, 0.1) is 19.8 Å². The predicted molar refractivity (Wildman–Crippen MR) is 173 cm³/mol. The van der Waals surface area contributed by atoms with Gasteiger partial charge in [-0.3, -0.25) is 9.59 Å². The van der Waals surface area contributed by atoms with E-state index in [1.165, 1.54) is 33.3 Å². The summed E-state index contributed by atoms with van der Waals surface area (Å²) in [6.45, 7) is 14.0. The fourth-order valence-electron chi connectivity index (χ4n) is 8.19. The molecule has 0 radical (unpaired) electrons. The SMILES string of the molecule is Cc1cc(C)cc(-c2[nH]c3sc(C(C)(C)C(=O)N4C5CCC4CC5)cc3c2CCN2CCC(C(=O)N3CCOCC3)C2)c1. The van der Waals surface area contributed by atoms with Crippen molar-refractivity contribution >= 4 is 33.4 Å². The number of fused-ring (bicyclic) bond motifs is 3. The zero-order chi connectivity index (χ0) is 29.9. The summed E-state index contributed by atoms with van der Waals surface area (Å²) in [6, 6.07) is 9.96. The minimum Gasteiger partial charge on any atom is -0.378 e. The van der Waals surface area contributed by atoms with Crippen molar-refractivity contribution in [3.8, 4) is 11.3 Å². The molecule has 7 rings (SSSR count). The van der Waals surface area contributed by atoms with Crippen LogP contribution in [-0.4, -0.2) is 89.5 Å². The Morgan fingerprint density at radius 3 is 2.30 bits per heavy atom. The number of aromatic nitrogens is 1. The Balaban J connectivity index is 1.15. The summed E-state index contributed by atoms with van der Waals surface area (Å²) in [6.07, 6.45) is 6.49. The molecular weight excluding hydrogens is 556 g/mol. The molecule has 4 aliphatic rings. The lowest BCUT2D eigenvalue weighted by Gasteiger charge is -2.31. The van der Waals surface area contributed by atoms with Crippen molar-refractivity contribution in [2.45, 2.75) is 83.7 Å². The second-order valence-corrected chi connectivity index (χ2v) is 15.0. The number of hydrogen-bond donors (Lipinski definition) is 1. The van der Waals surface area contributed by atoms with Gasteiger partial charge in [-0.2, -0.15) is 0 Å². The zero-order valence-corrected chi connectivity index (χ0v) is 27.0. The number of nitrogens with one attached hydrogen (secondary N) is 1. The van der Waals surface area contributed by atoms with Crippen molar-refractivity contribution in [3.63, 3.8) is 0 Å². The predicted octanol–water partition coefficient (Wildman–Crippen LogP) is 5.67. The molecule has 1 aromatic carbocycles. The van der Waals surface area contributed by atoms with Crippen molar-refractivity contribution in [3.05, 3.63) is 45.8 Å². The van der Waals surface area contributed by atoms with Gasteiger partial charge in [0.15, 0.2) is 0 Å². The first-order chi connectivity index (χ1) is 20.7. The first kappa shape index (κ1) is 29.1. The number of carbonyl (C=O) groups is 2. The second kappa shape index (κ2) is 11.4. The molecular formula is C35H46N4O3S. The summed E-state index contributed by atoms with van der Waals surface area (Å²) in [5.41, 5.74) is 5.72. The summed E-state index contributed by atoms with van der Waals surface area (Å²) in [5, 5.41) is 1.25. The molecule has 230 valence electrons. The van der Waals surface area contributed by atoms with E-state index in [4.69, 9.17) is 4.74 Å². The highest BCUT2D eigenvalue weighted by Gasteiger charge is 2.47. The van der Waals surface area contributed by atoms with E-state index in [0.29, 0.717) is 50.2 Å². The zero-order valence-electron chi connectivity index (χ0n) is 26.2. The third-order valence-corrected chi connectivity index (χ3v) is 11.9. The highest BCUT2D eigenvalue weighted by atomic mass is 32.1. The monoisotopic (exact) mass is 602 g/mol. The normalized spacial score (nSPS) is 24.5. The van der Waals surface area contributed by atoms with Crippen molar-refractivity contribution in [2.75, 3.05) is 45.9 Å². The standard InChI is InChI=1S/C35H46N4O3S/c1-22-17-23(2)19-25(18-22)31-28(10-12-37-11-9-24(21-37)33(40)38-13-15-42-16-14-38)29-20-30(43-32(29)36-31)35(3,4)34(41)39-26-5-6-27(39)8-7-26/h17-20,24,26-27,36H,5-16,21H2,1-4H3. The second-order valence-electron chi connectivity index (χ2n) is 14.0. The number of nitrogens with zero attached hydrogens (tertiary/aromatic N) is 3. The summed E-state index contributed by atoms with van der Waals surface area (Å²) in [4.78, 5) is 39.9. The van der Waals surface area contributed by atoms with E-state index in [1.54, 1.807) is 11.3 Å². The van der Waals surface area contributed by atoms with Gasteiger partial charge >= 0.3 is 0 Å². The number of carbonyl (C=O) groups excluding carboxylic acids is 2. The highest BCUT2D eigenvalue weighted by Crippen LogP contribution is 2.44. The molecule has 1 unspecified atom stereocenters. The number of amides is 2. The topological polar surface area (TPSA) is 68.9 Å². The number of thiophene rings is 1. The van der Waals surface area contributed by atoms with Gasteiger partial charge in [0.2, 0.25) is 11.8 Å². The van der Waals surface area contributed by atoms with Crippen molar-refractivity contribution in [1.82, 2.24) is 19.7 Å². The molecule has 1 atom stereocenters. The number of aryl methyl sites for hydroxylation is 2. The lowest BCUT2D eigenvalue weighted by molar-refractivity contribution is -0.139. The molecule has 2 amide bonds. The van der Waals surface area contributed by atoms with Crippen LogP contribution in [0.5, 0.6) is 0 Å². The Morgan fingerprint density at radius 2 is 1.63 bits per heavy atom. The number of rotatable bonds is 7. The summed E-state index contributed by atoms with van der Waals surface area (Å²) in [5.74, 6) is 0.681. The number of H-pyrrole nitrogens is 1. The van der Waals surface area contributed by atoms with E-state index in [9.17, 15) is 9.59 Å². The molecule has 4 fully saturated rings. The molecule has 43 heavy (non-hydrogen) atoms. The number of likely N-dealkylation sites (tertiary alicyclic amines) is 1.